The third kappa shape index (κ3) is 4.21. The second kappa shape index (κ2) is 7.31. The Morgan fingerprint density at radius 3 is 2.53 bits per heavy atom. The molecule has 0 aromatic heterocycles. The molecule has 4 heteroatoms. The zero-order valence-electron chi connectivity index (χ0n) is 11.6. The summed E-state index contributed by atoms with van der Waals surface area (Å²) < 4.78 is 16.2. The molecular formula is C13H27NO3. The summed E-state index contributed by atoms with van der Waals surface area (Å²) in [6, 6.07) is 0.579. The molecule has 0 aromatic rings. The molecule has 1 N–H and O–H groups in total. The van der Waals surface area contributed by atoms with Crippen molar-refractivity contribution < 1.29 is 14.2 Å². The van der Waals surface area contributed by atoms with Crippen molar-refractivity contribution in [1.82, 2.24) is 5.32 Å². The van der Waals surface area contributed by atoms with E-state index in [1.54, 1.807) is 7.11 Å². The van der Waals surface area contributed by atoms with Gasteiger partial charge in [0, 0.05) is 31.8 Å². The fraction of sp³-hybridized carbons (Fsp3) is 1.00. The van der Waals surface area contributed by atoms with Crippen LogP contribution >= 0.6 is 0 Å². The van der Waals surface area contributed by atoms with Crippen molar-refractivity contribution >= 4 is 0 Å². The highest BCUT2D eigenvalue weighted by molar-refractivity contribution is 5.02. The van der Waals surface area contributed by atoms with Crippen molar-refractivity contribution in [3.8, 4) is 0 Å². The lowest BCUT2D eigenvalue weighted by molar-refractivity contribution is -0.125. The normalized spacial score (nSPS) is 26.8. The fourth-order valence-corrected chi connectivity index (χ4v) is 2.31. The van der Waals surface area contributed by atoms with Crippen molar-refractivity contribution in [1.29, 1.82) is 0 Å². The third-order valence-electron chi connectivity index (χ3n) is 3.71. The molecule has 1 aliphatic rings. The molecule has 0 saturated heterocycles. The molecule has 0 spiro atoms. The van der Waals surface area contributed by atoms with Crippen LogP contribution in [0.15, 0.2) is 0 Å². The van der Waals surface area contributed by atoms with E-state index in [0.717, 1.165) is 26.1 Å². The summed E-state index contributed by atoms with van der Waals surface area (Å²) in [5.41, 5.74) is 0.241. The molecule has 0 amide bonds. The van der Waals surface area contributed by atoms with Crippen molar-refractivity contribution in [3.05, 3.63) is 0 Å². The van der Waals surface area contributed by atoms with Gasteiger partial charge in [0.2, 0.25) is 0 Å². The first-order valence-corrected chi connectivity index (χ1v) is 6.48. The maximum Gasteiger partial charge on any atom is 0.0704 e. The quantitative estimate of drug-likeness (QED) is 0.624. The maximum absolute atomic E-state index is 5.84. The Bertz CT molecular complexity index is 209. The molecule has 0 aliphatic heterocycles. The Kier molecular flexibility index (Phi) is 6.41. The van der Waals surface area contributed by atoms with Crippen LogP contribution in [0.3, 0.4) is 0 Å². The molecule has 17 heavy (non-hydrogen) atoms. The Morgan fingerprint density at radius 2 is 1.94 bits per heavy atom. The van der Waals surface area contributed by atoms with Crippen LogP contribution in [0.4, 0.5) is 0 Å². The highest BCUT2D eigenvalue weighted by Gasteiger charge is 2.47. The van der Waals surface area contributed by atoms with Gasteiger partial charge >= 0.3 is 0 Å². The SMILES string of the molecule is CNC1CC(OCCOCCCOC)C1(C)C. The van der Waals surface area contributed by atoms with Gasteiger partial charge in [-0.15, -0.1) is 0 Å². The summed E-state index contributed by atoms with van der Waals surface area (Å²) in [5.74, 6) is 0. The van der Waals surface area contributed by atoms with Crippen LogP contribution in [0.5, 0.6) is 0 Å². The molecule has 1 fully saturated rings. The van der Waals surface area contributed by atoms with E-state index in [1.807, 2.05) is 7.05 Å². The Labute approximate surface area is 105 Å². The fourth-order valence-electron chi connectivity index (χ4n) is 2.31. The molecule has 4 nitrogen and oxygen atoms in total. The molecule has 1 aliphatic carbocycles. The lowest BCUT2D eigenvalue weighted by Gasteiger charge is -2.51. The minimum Gasteiger partial charge on any atom is -0.385 e. The van der Waals surface area contributed by atoms with Gasteiger partial charge in [0.1, 0.15) is 0 Å². The van der Waals surface area contributed by atoms with Gasteiger partial charge in [-0.1, -0.05) is 13.8 Å². The van der Waals surface area contributed by atoms with Crippen LogP contribution in [0.1, 0.15) is 26.7 Å². The van der Waals surface area contributed by atoms with Crippen molar-refractivity contribution in [2.45, 2.75) is 38.8 Å². The van der Waals surface area contributed by atoms with E-state index in [-0.39, 0.29) is 5.41 Å². The zero-order valence-corrected chi connectivity index (χ0v) is 11.6. The number of ether oxygens (including phenoxy) is 3. The summed E-state index contributed by atoms with van der Waals surface area (Å²) in [6.07, 6.45) is 2.42. The highest BCUT2D eigenvalue weighted by Crippen LogP contribution is 2.42. The molecule has 0 bridgehead atoms. The van der Waals surface area contributed by atoms with E-state index in [0.29, 0.717) is 25.4 Å². The van der Waals surface area contributed by atoms with Gasteiger partial charge in [-0.05, 0) is 19.9 Å². The number of methoxy groups -OCH3 is 1. The molecular weight excluding hydrogens is 218 g/mol. The first-order valence-electron chi connectivity index (χ1n) is 6.48. The second-order valence-electron chi connectivity index (χ2n) is 5.22. The Hall–Kier alpha value is -0.160. The Morgan fingerprint density at radius 1 is 1.18 bits per heavy atom. The van der Waals surface area contributed by atoms with Crippen LogP contribution < -0.4 is 5.32 Å². The van der Waals surface area contributed by atoms with Crippen LogP contribution in [-0.4, -0.2) is 52.7 Å². The number of nitrogens with one attached hydrogen (secondary N) is 1. The molecule has 102 valence electrons. The molecule has 2 unspecified atom stereocenters. The van der Waals surface area contributed by atoms with Crippen molar-refractivity contribution in [2.75, 3.05) is 40.6 Å². The van der Waals surface area contributed by atoms with Crippen molar-refractivity contribution in [2.24, 2.45) is 5.41 Å². The molecule has 0 aromatic carbocycles. The third-order valence-corrected chi connectivity index (χ3v) is 3.71. The second-order valence-corrected chi connectivity index (χ2v) is 5.22. The average molecular weight is 245 g/mol. The van der Waals surface area contributed by atoms with Gasteiger partial charge in [0.25, 0.3) is 0 Å². The van der Waals surface area contributed by atoms with Gasteiger partial charge < -0.3 is 19.5 Å². The topological polar surface area (TPSA) is 39.7 Å². The predicted octanol–water partition coefficient (Wildman–Crippen LogP) is 1.44. The van der Waals surface area contributed by atoms with E-state index in [4.69, 9.17) is 14.2 Å². The Balaban J connectivity index is 1.97. The summed E-state index contributed by atoms with van der Waals surface area (Å²) in [4.78, 5) is 0. The molecule has 0 heterocycles. The monoisotopic (exact) mass is 245 g/mol. The minimum absolute atomic E-state index is 0.241. The zero-order chi connectivity index (χ0) is 12.7. The van der Waals surface area contributed by atoms with E-state index < -0.39 is 0 Å². The minimum atomic E-state index is 0.241. The van der Waals surface area contributed by atoms with Crippen LogP contribution in [-0.2, 0) is 14.2 Å². The first-order chi connectivity index (χ1) is 8.12. The average Bonchev–Trinajstić information content (AvgIpc) is 2.31. The summed E-state index contributed by atoms with van der Waals surface area (Å²) in [6.45, 7) is 7.40. The summed E-state index contributed by atoms with van der Waals surface area (Å²) in [7, 11) is 3.72. The largest absolute Gasteiger partial charge is 0.385 e. The first kappa shape index (κ1) is 14.9. The van der Waals surface area contributed by atoms with E-state index in [1.165, 1.54) is 0 Å². The van der Waals surface area contributed by atoms with Gasteiger partial charge in [0.05, 0.1) is 19.3 Å². The molecule has 1 rings (SSSR count). The molecule has 1 saturated carbocycles. The standard InChI is InChI=1S/C13H27NO3/c1-13(2)11(14-3)10-12(13)17-9-8-16-7-5-6-15-4/h11-12,14H,5-10H2,1-4H3. The van der Waals surface area contributed by atoms with Crippen molar-refractivity contribution in [3.63, 3.8) is 0 Å². The number of hydrogen-bond donors (Lipinski definition) is 1. The van der Waals surface area contributed by atoms with Gasteiger partial charge in [-0.3, -0.25) is 0 Å². The van der Waals surface area contributed by atoms with E-state index in [9.17, 15) is 0 Å². The number of rotatable bonds is 9. The van der Waals surface area contributed by atoms with Gasteiger partial charge in [0.15, 0.2) is 0 Å². The predicted molar refractivity (Wildman–Crippen MR) is 68.3 cm³/mol. The summed E-state index contributed by atoms with van der Waals surface area (Å²) >= 11 is 0. The van der Waals surface area contributed by atoms with E-state index >= 15 is 0 Å². The smallest absolute Gasteiger partial charge is 0.0704 e. The maximum atomic E-state index is 5.84. The highest BCUT2D eigenvalue weighted by atomic mass is 16.5. The molecule has 2 atom stereocenters. The van der Waals surface area contributed by atoms with Crippen LogP contribution in [0.2, 0.25) is 0 Å². The summed E-state index contributed by atoms with van der Waals surface area (Å²) in [5, 5.41) is 3.32. The lowest BCUT2D eigenvalue weighted by atomic mass is 9.64. The van der Waals surface area contributed by atoms with Crippen LogP contribution in [0.25, 0.3) is 0 Å². The van der Waals surface area contributed by atoms with Gasteiger partial charge in [-0.25, -0.2) is 0 Å². The van der Waals surface area contributed by atoms with E-state index in [2.05, 4.69) is 19.2 Å². The molecule has 0 radical (unpaired) electrons. The van der Waals surface area contributed by atoms with Crippen LogP contribution in [0, 0.1) is 5.41 Å². The number of hydrogen-bond acceptors (Lipinski definition) is 4. The van der Waals surface area contributed by atoms with Gasteiger partial charge in [-0.2, -0.15) is 0 Å². The lowest BCUT2D eigenvalue weighted by Crippen LogP contribution is -2.60.